The first-order valence-corrected chi connectivity index (χ1v) is 9.06. The zero-order valence-corrected chi connectivity index (χ0v) is 14.9. The summed E-state index contributed by atoms with van der Waals surface area (Å²) in [6, 6.07) is 4.25. The molecule has 3 heterocycles. The van der Waals surface area contributed by atoms with E-state index in [0.29, 0.717) is 18.5 Å². The Morgan fingerprint density at radius 1 is 1.24 bits per heavy atom. The molecule has 1 N–H and O–H groups in total. The van der Waals surface area contributed by atoms with Crippen LogP contribution in [-0.2, 0) is 4.79 Å². The number of hydrogen-bond donors (Lipinski definition) is 1. The molecule has 25 heavy (non-hydrogen) atoms. The SMILES string of the molecule is Cc1nnc2ccc(N3CCN(CC(=O)N[C@H](C)C4CC4)CC3)nn12. The molecule has 4 rings (SSSR count). The average Bonchev–Trinajstić information content (AvgIpc) is 3.40. The van der Waals surface area contributed by atoms with Crippen LogP contribution in [0.5, 0.6) is 0 Å². The van der Waals surface area contributed by atoms with Crippen LogP contribution in [-0.4, -0.2) is 69.4 Å². The minimum absolute atomic E-state index is 0.146. The quantitative estimate of drug-likeness (QED) is 0.850. The Labute approximate surface area is 147 Å². The third-order valence-corrected chi connectivity index (χ3v) is 5.19. The van der Waals surface area contributed by atoms with E-state index in [0.717, 1.165) is 43.5 Å². The summed E-state index contributed by atoms with van der Waals surface area (Å²) in [4.78, 5) is 16.6. The first-order chi connectivity index (χ1) is 12.1. The van der Waals surface area contributed by atoms with Crippen molar-refractivity contribution in [1.82, 2.24) is 30.0 Å². The predicted molar refractivity (Wildman–Crippen MR) is 94.5 cm³/mol. The van der Waals surface area contributed by atoms with Gasteiger partial charge in [-0.15, -0.1) is 15.3 Å². The number of piperazine rings is 1. The second kappa shape index (κ2) is 6.59. The molecule has 0 unspecified atom stereocenters. The van der Waals surface area contributed by atoms with Crippen molar-refractivity contribution < 1.29 is 4.79 Å². The highest BCUT2D eigenvalue weighted by Crippen LogP contribution is 2.32. The van der Waals surface area contributed by atoms with Crippen LogP contribution in [0.3, 0.4) is 0 Å². The largest absolute Gasteiger partial charge is 0.353 e. The van der Waals surface area contributed by atoms with Crippen molar-refractivity contribution in [2.24, 2.45) is 5.92 Å². The summed E-state index contributed by atoms with van der Waals surface area (Å²) < 4.78 is 1.77. The summed E-state index contributed by atoms with van der Waals surface area (Å²) in [5, 5.41) is 15.9. The van der Waals surface area contributed by atoms with Crippen LogP contribution < -0.4 is 10.2 Å². The van der Waals surface area contributed by atoms with E-state index in [1.807, 2.05) is 19.1 Å². The number of carbonyl (C=O) groups excluding carboxylic acids is 1. The number of nitrogens with zero attached hydrogens (tertiary/aromatic N) is 6. The van der Waals surface area contributed by atoms with E-state index in [4.69, 9.17) is 0 Å². The molecule has 8 heteroatoms. The molecule has 1 atom stereocenters. The average molecular weight is 343 g/mol. The van der Waals surface area contributed by atoms with Gasteiger partial charge in [-0.2, -0.15) is 4.52 Å². The fourth-order valence-electron chi connectivity index (χ4n) is 3.41. The summed E-state index contributed by atoms with van der Waals surface area (Å²) in [5.74, 6) is 2.56. The lowest BCUT2D eigenvalue weighted by Crippen LogP contribution is -2.50. The molecule has 0 spiro atoms. The molecule has 1 saturated heterocycles. The molecule has 2 aromatic heterocycles. The molecule has 8 nitrogen and oxygen atoms in total. The summed E-state index contributed by atoms with van der Waals surface area (Å²) >= 11 is 0. The number of aryl methyl sites for hydroxylation is 1. The van der Waals surface area contributed by atoms with Crippen molar-refractivity contribution in [3.8, 4) is 0 Å². The Hall–Kier alpha value is -2.22. The number of anilines is 1. The van der Waals surface area contributed by atoms with E-state index in [2.05, 4.69) is 37.3 Å². The van der Waals surface area contributed by atoms with Gasteiger partial charge in [-0.25, -0.2) is 0 Å². The van der Waals surface area contributed by atoms with E-state index >= 15 is 0 Å². The number of aromatic nitrogens is 4. The van der Waals surface area contributed by atoms with E-state index in [1.165, 1.54) is 12.8 Å². The zero-order valence-electron chi connectivity index (χ0n) is 14.9. The second-order valence-corrected chi connectivity index (χ2v) is 7.17. The van der Waals surface area contributed by atoms with Gasteiger partial charge in [0.05, 0.1) is 6.54 Å². The summed E-state index contributed by atoms with van der Waals surface area (Å²) in [6.45, 7) is 7.97. The van der Waals surface area contributed by atoms with Crippen molar-refractivity contribution >= 4 is 17.4 Å². The first kappa shape index (κ1) is 16.3. The number of nitrogens with one attached hydrogen (secondary N) is 1. The fraction of sp³-hybridized carbons (Fsp3) is 0.647. The van der Waals surface area contributed by atoms with Gasteiger partial charge >= 0.3 is 0 Å². The molecule has 1 aliphatic carbocycles. The minimum atomic E-state index is 0.146. The maximum absolute atomic E-state index is 12.2. The Morgan fingerprint density at radius 2 is 2.00 bits per heavy atom. The van der Waals surface area contributed by atoms with Crippen LogP contribution >= 0.6 is 0 Å². The molecule has 1 amide bonds. The number of hydrogen-bond acceptors (Lipinski definition) is 6. The molecule has 2 fully saturated rings. The third-order valence-electron chi connectivity index (χ3n) is 5.19. The van der Waals surface area contributed by atoms with Crippen molar-refractivity contribution in [3.63, 3.8) is 0 Å². The zero-order chi connectivity index (χ0) is 17.4. The van der Waals surface area contributed by atoms with Crippen LogP contribution in [0.2, 0.25) is 0 Å². The number of amides is 1. The van der Waals surface area contributed by atoms with Crippen LogP contribution in [0.15, 0.2) is 12.1 Å². The Bertz CT molecular complexity index is 761. The van der Waals surface area contributed by atoms with E-state index in [-0.39, 0.29) is 5.91 Å². The number of rotatable bonds is 5. The van der Waals surface area contributed by atoms with Gasteiger partial charge in [0.2, 0.25) is 5.91 Å². The van der Waals surface area contributed by atoms with Gasteiger partial charge in [0.1, 0.15) is 5.82 Å². The number of fused-ring (bicyclic) bond motifs is 1. The number of carbonyl (C=O) groups is 1. The van der Waals surface area contributed by atoms with Gasteiger partial charge in [0.25, 0.3) is 0 Å². The summed E-state index contributed by atoms with van der Waals surface area (Å²) in [7, 11) is 0. The Balaban J connectivity index is 1.31. The van der Waals surface area contributed by atoms with Crippen LogP contribution in [0.25, 0.3) is 5.65 Å². The molecule has 2 aliphatic rings. The molecule has 134 valence electrons. The van der Waals surface area contributed by atoms with Crippen LogP contribution in [0.4, 0.5) is 5.82 Å². The molecule has 0 radical (unpaired) electrons. The molecule has 1 aliphatic heterocycles. The van der Waals surface area contributed by atoms with Gasteiger partial charge in [-0.05, 0) is 44.7 Å². The van der Waals surface area contributed by atoms with Crippen LogP contribution in [0, 0.1) is 12.8 Å². The fourth-order valence-corrected chi connectivity index (χ4v) is 3.41. The Kier molecular flexibility index (Phi) is 4.29. The molecular weight excluding hydrogens is 318 g/mol. The summed E-state index contributed by atoms with van der Waals surface area (Å²) in [6.07, 6.45) is 2.51. The van der Waals surface area contributed by atoms with Crippen molar-refractivity contribution in [2.75, 3.05) is 37.6 Å². The highest BCUT2D eigenvalue weighted by atomic mass is 16.2. The van der Waals surface area contributed by atoms with Gasteiger partial charge in [0, 0.05) is 32.2 Å². The smallest absolute Gasteiger partial charge is 0.234 e. The highest BCUT2D eigenvalue weighted by molar-refractivity contribution is 5.78. The minimum Gasteiger partial charge on any atom is -0.353 e. The summed E-state index contributed by atoms with van der Waals surface area (Å²) in [5.41, 5.74) is 0.765. The van der Waals surface area contributed by atoms with E-state index < -0.39 is 0 Å². The standard InChI is InChI=1S/C17H25N7O/c1-12(14-3-4-14)18-17(25)11-22-7-9-23(10-8-22)16-6-5-15-20-19-13(2)24(15)21-16/h5-6,12,14H,3-4,7-11H2,1-2H3,(H,18,25)/t12-/m1/s1. The highest BCUT2D eigenvalue weighted by Gasteiger charge is 2.29. The lowest BCUT2D eigenvalue weighted by Gasteiger charge is -2.35. The topological polar surface area (TPSA) is 78.7 Å². The lowest BCUT2D eigenvalue weighted by molar-refractivity contribution is -0.123. The predicted octanol–water partition coefficient (Wildman–Crippen LogP) is 0.469. The maximum atomic E-state index is 12.2. The maximum Gasteiger partial charge on any atom is 0.234 e. The van der Waals surface area contributed by atoms with Crippen molar-refractivity contribution in [2.45, 2.75) is 32.7 Å². The molecule has 0 bridgehead atoms. The van der Waals surface area contributed by atoms with Crippen molar-refractivity contribution in [1.29, 1.82) is 0 Å². The monoisotopic (exact) mass is 343 g/mol. The Morgan fingerprint density at radius 3 is 2.72 bits per heavy atom. The van der Waals surface area contributed by atoms with Gasteiger partial charge in [0.15, 0.2) is 11.5 Å². The van der Waals surface area contributed by atoms with Gasteiger partial charge in [-0.3, -0.25) is 9.69 Å². The molecule has 0 aromatic carbocycles. The molecule has 1 saturated carbocycles. The first-order valence-electron chi connectivity index (χ1n) is 9.06. The molecular formula is C17H25N7O. The molecule has 2 aromatic rings. The van der Waals surface area contributed by atoms with E-state index in [9.17, 15) is 4.79 Å². The second-order valence-electron chi connectivity index (χ2n) is 7.17. The van der Waals surface area contributed by atoms with Gasteiger partial charge < -0.3 is 10.2 Å². The van der Waals surface area contributed by atoms with Crippen LogP contribution in [0.1, 0.15) is 25.6 Å². The van der Waals surface area contributed by atoms with E-state index in [1.54, 1.807) is 4.52 Å². The normalized spacial score (nSPS) is 20.0. The lowest BCUT2D eigenvalue weighted by atomic mass is 10.2. The third kappa shape index (κ3) is 3.58. The van der Waals surface area contributed by atoms with Crippen molar-refractivity contribution in [3.05, 3.63) is 18.0 Å². The van der Waals surface area contributed by atoms with Gasteiger partial charge in [-0.1, -0.05) is 0 Å².